The zero-order chi connectivity index (χ0) is 23.2. The van der Waals surface area contributed by atoms with E-state index in [-0.39, 0.29) is 12.3 Å². The van der Waals surface area contributed by atoms with Crippen molar-refractivity contribution < 1.29 is 14.4 Å². The summed E-state index contributed by atoms with van der Waals surface area (Å²) in [5.41, 5.74) is 3.80. The van der Waals surface area contributed by atoms with Gasteiger partial charge in [-0.05, 0) is 42.0 Å². The van der Waals surface area contributed by atoms with Crippen LogP contribution < -0.4 is 14.8 Å². The van der Waals surface area contributed by atoms with Crippen LogP contribution in [0, 0.1) is 10.1 Å². The zero-order valence-corrected chi connectivity index (χ0v) is 19.6. The topological polar surface area (TPSA) is 102 Å². The number of hydrogen-bond donors (Lipinski definition) is 2. The number of para-hydroxylation sites is 2. The Hall–Kier alpha value is -3.43. The summed E-state index contributed by atoms with van der Waals surface area (Å²) in [7, 11) is 1.60. The van der Waals surface area contributed by atoms with Crippen LogP contribution in [0.25, 0.3) is 11.0 Å². The molecule has 0 bridgehead atoms. The summed E-state index contributed by atoms with van der Waals surface area (Å²) in [5, 5.41) is 14.3. The molecule has 0 spiro atoms. The fourth-order valence-corrected chi connectivity index (χ4v) is 3.93. The first kappa shape index (κ1) is 22.8. The van der Waals surface area contributed by atoms with Crippen LogP contribution in [0.3, 0.4) is 0 Å². The van der Waals surface area contributed by atoms with Crippen LogP contribution in [0.1, 0.15) is 17.0 Å². The van der Waals surface area contributed by atoms with Crippen LogP contribution in [-0.4, -0.2) is 28.5 Å². The van der Waals surface area contributed by atoms with Gasteiger partial charge >= 0.3 is 0 Å². The van der Waals surface area contributed by atoms with Gasteiger partial charge < -0.3 is 19.8 Å². The third-order valence-electron chi connectivity index (χ3n) is 5.20. The molecule has 4 rings (SSSR count). The normalized spacial score (nSPS) is 11.0. The van der Waals surface area contributed by atoms with E-state index in [1.165, 1.54) is 12.1 Å². The number of H-pyrrole nitrogens is 1. The first-order valence-electron chi connectivity index (χ1n) is 10.4. The van der Waals surface area contributed by atoms with E-state index in [1.54, 1.807) is 19.2 Å². The van der Waals surface area contributed by atoms with E-state index in [0.717, 1.165) is 45.4 Å². The summed E-state index contributed by atoms with van der Waals surface area (Å²) in [4.78, 5) is 18.4. The molecular weight excluding hydrogens is 488 g/mol. The highest BCUT2D eigenvalue weighted by atomic mass is 79.9. The average Bonchev–Trinajstić information content (AvgIpc) is 3.24. The molecule has 0 aliphatic rings. The van der Waals surface area contributed by atoms with Crippen molar-refractivity contribution >= 4 is 32.7 Å². The van der Waals surface area contributed by atoms with Gasteiger partial charge in [0.15, 0.2) is 11.5 Å². The Balaban J connectivity index is 1.41. The number of nitro benzene ring substituents is 1. The summed E-state index contributed by atoms with van der Waals surface area (Å²) >= 11 is 3.61. The number of hydrogen-bond acceptors (Lipinski definition) is 6. The number of methoxy groups -OCH3 is 1. The van der Waals surface area contributed by atoms with Gasteiger partial charge in [0.05, 0.1) is 23.1 Å². The van der Waals surface area contributed by atoms with Crippen LogP contribution in [-0.2, 0) is 19.6 Å². The first-order chi connectivity index (χ1) is 16.0. The maximum atomic E-state index is 10.9. The standard InChI is InChI=1S/C24H23BrN4O4/c1-32-22-11-10-19(25)18(24(22)33-15-16-6-8-17(9-7-16)29(30)31)14-26-13-12-23-27-20-4-2-3-5-21(20)28-23/h2-11,26H,12-15H2,1H3,(H,27,28). The highest BCUT2D eigenvalue weighted by molar-refractivity contribution is 9.10. The lowest BCUT2D eigenvalue weighted by atomic mass is 10.1. The molecule has 1 heterocycles. The number of nitro groups is 1. The molecule has 0 aliphatic heterocycles. The molecule has 0 radical (unpaired) electrons. The number of aromatic nitrogens is 2. The minimum Gasteiger partial charge on any atom is -0.493 e. The van der Waals surface area contributed by atoms with Crippen molar-refractivity contribution in [2.75, 3.05) is 13.7 Å². The van der Waals surface area contributed by atoms with E-state index >= 15 is 0 Å². The summed E-state index contributed by atoms with van der Waals surface area (Å²) in [5.74, 6) is 2.18. The fraction of sp³-hybridized carbons (Fsp3) is 0.208. The van der Waals surface area contributed by atoms with Crippen LogP contribution in [0.5, 0.6) is 11.5 Å². The molecule has 2 N–H and O–H groups in total. The molecule has 0 saturated carbocycles. The lowest BCUT2D eigenvalue weighted by Crippen LogP contribution is -2.18. The zero-order valence-electron chi connectivity index (χ0n) is 18.0. The predicted octanol–water partition coefficient (Wildman–Crippen LogP) is 5.15. The maximum Gasteiger partial charge on any atom is 0.269 e. The van der Waals surface area contributed by atoms with Crippen molar-refractivity contribution in [2.45, 2.75) is 19.6 Å². The minimum atomic E-state index is -0.420. The second-order valence-electron chi connectivity index (χ2n) is 7.40. The van der Waals surface area contributed by atoms with Crippen molar-refractivity contribution in [1.29, 1.82) is 0 Å². The maximum absolute atomic E-state index is 10.9. The van der Waals surface area contributed by atoms with Gasteiger partial charge in [-0.15, -0.1) is 0 Å². The molecule has 33 heavy (non-hydrogen) atoms. The van der Waals surface area contributed by atoms with Crippen molar-refractivity contribution in [2.24, 2.45) is 0 Å². The van der Waals surface area contributed by atoms with Gasteiger partial charge in [-0.3, -0.25) is 10.1 Å². The van der Waals surface area contributed by atoms with Crippen LogP contribution in [0.2, 0.25) is 0 Å². The number of fused-ring (bicyclic) bond motifs is 1. The molecule has 0 atom stereocenters. The van der Waals surface area contributed by atoms with E-state index in [9.17, 15) is 10.1 Å². The molecule has 0 unspecified atom stereocenters. The van der Waals surface area contributed by atoms with E-state index in [1.807, 2.05) is 36.4 Å². The molecule has 4 aromatic rings. The van der Waals surface area contributed by atoms with Gasteiger partial charge in [0, 0.05) is 41.7 Å². The number of imidazole rings is 1. The Morgan fingerprint density at radius 2 is 1.91 bits per heavy atom. The van der Waals surface area contributed by atoms with E-state index < -0.39 is 4.92 Å². The molecule has 8 nitrogen and oxygen atoms in total. The van der Waals surface area contributed by atoms with Gasteiger partial charge in [0.25, 0.3) is 5.69 Å². The molecule has 0 amide bonds. The van der Waals surface area contributed by atoms with Crippen LogP contribution in [0.4, 0.5) is 5.69 Å². The molecule has 170 valence electrons. The third kappa shape index (κ3) is 5.50. The van der Waals surface area contributed by atoms with Gasteiger partial charge in [0.1, 0.15) is 12.4 Å². The van der Waals surface area contributed by atoms with Gasteiger partial charge in [-0.2, -0.15) is 0 Å². The number of ether oxygens (including phenoxy) is 2. The Bertz CT molecular complexity index is 1220. The van der Waals surface area contributed by atoms with E-state index in [0.29, 0.717) is 18.0 Å². The predicted molar refractivity (Wildman–Crippen MR) is 130 cm³/mol. The second kappa shape index (κ2) is 10.5. The molecule has 0 fully saturated rings. The number of aromatic amines is 1. The highest BCUT2D eigenvalue weighted by Crippen LogP contribution is 2.37. The Labute approximate surface area is 199 Å². The number of non-ortho nitro benzene ring substituents is 1. The molecule has 3 aromatic carbocycles. The number of halogens is 1. The molecular formula is C24H23BrN4O4. The second-order valence-corrected chi connectivity index (χ2v) is 8.25. The monoisotopic (exact) mass is 510 g/mol. The summed E-state index contributed by atoms with van der Waals surface area (Å²) in [6.07, 6.45) is 0.759. The van der Waals surface area contributed by atoms with Crippen molar-refractivity contribution in [3.63, 3.8) is 0 Å². The highest BCUT2D eigenvalue weighted by Gasteiger charge is 2.15. The number of nitrogens with one attached hydrogen (secondary N) is 2. The number of benzene rings is 3. The lowest BCUT2D eigenvalue weighted by molar-refractivity contribution is -0.384. The first-order valence-corrected chi connectivity index (χ1v) is 11.2. The Morgan fingerprint density at radius 1 is 1.12 bits per heavy atom. The van der Waals surface area contributed by atoms with E-state index in [2.05, 4.69) is 31.2 Å². The van der Waals surface area contributed by atoms with Gasteiger partial charge in [-0.1, -0.05) is 28.1 Å². The Kier molecular flexibility index (Phi) is 7.21. The SMILES string of the molecule is COc1ccc(Br)c(CNCCc2nc3ccccc3[nH]2)c1OCc1ccc([N+](=O)[O-])cc1. The Morgan fingerprint density at radius 3 is 2.64 bits per heavy atom. The minimum absolute atomic E-state index is 0.0492. The lowest BCUT2D eigenvalue weighted by Gasteiger charge is -2.17. The third-order valence-corrected chi connectivity index (χ3v) is 5.94. The molecule has 0 aliphatic carbocycles. The quantitative estimate of drug-likeness (QED) is 0.173. The van der Waals surface area contributed by atoms with Gasteiger partial charge in [-0.25, -0.2) is 4.98 Å². The molecule has 1 aromatic heterocycles. The van der Waals surface area contributed by atoms with Crippen molar-refractivity contribution in [3.8, 4) is 11.5 Å². The van der Waals surface area contributed by atoms with Crippen molar-refractivity contribution in [3.05, 3.63) is 92.2 Å². The number of nitrogens with zero attached hydrogens (tertiary/aromatic N) is 2. The van der Waals surface area contributed by atoms with Crippen LogP contribution in [0.15, 0.2) is 65.1 Å². The molecule has 0 saturated heterocycles. The summed E-state index contributed by atoms with van der Waals surface area (Å²) < 4.78 is 12.5. The molecule has 9 heteroatoms. The average molecular weight is 511 g/mol. The smallest absolute Gasteiger partial charge is 0.269 e. The summed E-state index contributed by atoms with van der Waals surface area (Å²) in [6.45, 7) is 1.55. The van der Waals surface area contributed by atoms with Crippen LogP contribution >= 0.6 is 15.9 Å². The van der Waals surface area contributed by atoms with E-state index in [4.69, 9.17) is 9.47 Å². The fourth-order valence-electron chi connectivity index (χ4n) is 3.48. The number of rotatable bonds is 10. The van der Waals surface area contributed by atoms with Crippen molar-refractivity contribution in [1.82, 2.24) is 15.3 Å². The van der Waals surface area contributed by atoms with Gasteiger partial charge in [0.2, 0.25) is 0 Å². The largest absolute Gasteiger partial charge is 0.493 e. The summed E-state index contributed by atoms with van der Waals surface area (Å²) in [6, 6.07) is 18.0.